The number of nitrogens with two attached hydrogens (primary N) is 1. The molecule has 0 saturated heterocycles. The number of nitrogen functional groups attached to an aromatic ring is 1. The summed E-state index contributed by atoms with van der Waals surface area (Å²) >= 11 is 0. The monoisotopic (exact) mass is 388 g/mol. The van der Waals surface area contributed by atoms with Gasteiger partial charge in [-0.25, -0.2) is 4.79 Å². The first-order valence-electron chi connectivity index (χ1n) is 8.90. The van der Waals surface area contributed by atoms with Gasteiger partial charge in [-0.15, -0.1) is 0 Å². The Balaban J connectivity index is 1.67. The van der Waals surface area contributed by atoms with Crippen LogP contribution < -0.4 is 15.8 Å². The first-order valence-corrected chi connectivity index (χ1v) is 8.90. The normalized spacial score (nSPS) is 11.0. The summed E-state index contributed by atoms with van der Waals surface area (Å²) in [6, 6.07) is 22.7. The molecule has 3 aromatic carbocycles. The van der Waals surface area contributed by atoms with Crippen LogP contribution in [0.25, 0.3) is 6.08 Å². The molecule has 146 valence electrons. The number of carboxylic acids is 1. The van der Waals surface area contributed by atoms with Crippen molar-refractivity contribution in [2.24, 2.45) is 0 Å². The zero-order valence-electron chi connectivity index (χ0n) is 15.5. The number of carboxylic acid groups (broad SMARTS) is 1. The summed E-state index contributed by atoms with van der Waals surface area (Å²) in [6.07, 6.45) is 1.39. The summed E-state index contributed by atoms with van der Waals surface area (Å²) in [5.41, 5.74) is 8.15. The Morgan fingerprint density at radius 2 is 1.69 bits per heavy atom. The van der Waals surface area contributed by atoms with Crippen LogP contribution in [0.3, 0.4) is 0 Å². The Morgan fingerprint density at radius 3 is 2.34 bits per heavy atom. The summed E-state index contributed by atoms with van der Waals surface area (Å²) in [7, 11) is 0. The van der Waals surface area contributed by atoms with Gasteiger partial charge in [0.1, 0.15) is 18.1 Å². The average molecular weight is 388 g/mol. The number of benzene rings is 3. The van der Waals surface area contributed by atoms with Crippen molar-refractivity contribution in [2.45, 2.75) is 6.61 Å². The molecule has 0 spiro atoms. The van der Waals surface area contributed by atoms with Crippen LogP contribution in [0.1, 0.15) is 21.5 Å². The van der Waals surface area contributed by atoms with Gasteiger partial charge < -0.3 is 20.9 Å². The molecular formula is C23H20N2O4. The Kier molecular flexibility index (Phi) is 6.27. The van der Waals surface area contributed by atoms with E-state index in [9.17, 15) is 14.7 Å². The quantitative estimate of drug-likeness (QED) is 0.423. The Hall–Kier alpha value is -4.06. The van der Waals surface area contributed by atoms with E-state index in [-0.39, 0.29) is 5.70 Å². The number of aliphatic carboxylic acids is 1. The van der Waals surface area contributed by atoms with E-state index in [1.54, 1.807) is 60.7 Å². The van der Waals surface area contributed by atoms with E-state index >= 15 is 0 Å². The molecule has 3 rings (SSSR count). The fourth-order valence-electron chi connectivity index (χ4n) is 2.61. The van der Waals surface area contributed by atoms with Gasteiger partial charge >= 0.3 is 5.97 Å². The molecule has 3 aromatic rings. The third-order valence-corrected chi connectivity index (χ3v) is 4.06. The zero-order valence-corrected chi connectivity index (χ0v) is 15.5. The van der Waals surface area contributed by atoms with Gasteiger partial charge in [0.25, 0.3) is 5.91 Å². The number of hydrogen-bond acceptors (Lipinski definition) is 4. The van der Waals surface area contributed by atoms with E-state index in [1.165, 1.54) is 6.08 Å². The SMILES string of the molecule is Nc1cccc(COc2ccc(C=C(NC(=O)c3ccccc3)C(=O)O)cc2)c1. The molecule has 0 unspecified atom stereocenters. The second kappa shape index (κ2) is 9.23. The molecule has 0 aliphatic heterocycles. The van der Waals surface area contributed by atoms with Crippen LogP contribution in [0, 0.1) is 0 Å². The van der Waals surface area contributed by atoms with Crippen molar-refractivity contribution in [2.75, 3.05) is 5.73 Å². The van der Waals surface area contributed by atoms with E-state index < -0.39 is 11.9 Å². The average Bonchev–Trinajstić information content (AvgIpc) is 2.73. The van der Waals surface area contributed by atoms with Crippen LogP contribution in [0.15, 0.2) is 84.6 Å². The van der Waals surface area contributed by atoms with Crippen molar-refractivity contribution in [1.29, 1.82) is 0 Å². The third-order valence-electron chi connectivity index (χ3n) is 4.06. The lowest BCUT2D eigenvalue weighted by molar-refractivity contribution is -0.132. The maximum absolute atomic E-state index is 12.2. The summed E-state index contributed by atoms with van der Waals surface area (Å²) in [5.74, 6) is -1.08. The highest BCUT2D eigenvalue weighted by Crippen LogP contribution is 2.17. The lowest BCUT2D eigenvalue weighted by Crippen LogP contribution is -2.27. The van der Waals surface area contributed by atoms with Gasteiger partial charge in [-0.1, -0.05) is 42.5 Å². The van der Waals surface area contributed by atoms with Gasteiger partial charge in [0.05, 0.1) is 0 Å². The number of hydrogen-bond donors (Lipinski definition) is 3. The van der Waals surface area contributed by atoms with Gasteiger partial charge in [-0.3, -0.25) is 4.79 Å². The lowest BCUT2D eigenvalue weighted by atomic mass is 10.1. The topological polar surface area (TPSA) is 102 Å². The Labute approximate surface area is 168 Å². The largest absolute Gasteiger partial charge is 0.489 e. The Bertz CT molecular complexity index is 1030. The summed E-state index contributed by atoms with van der Waals surface area (Å²) < 4.78 is 5.71. The maximum atomic E-state index is 12.2. The molecule has 0 radical (unpaired) electrons. The molecule has 0 atom stereocenters. The number of nitrogens with one attached hydrogen (secondary N) is 1. The van der Waals surface area contributed by atoms with Crippen molar-refractivity contribution < 1.29 is 19.4 Å². The van der Waals surface area contributed by atoms with Crippen molar-refractivity contribution in [3.63, 3.8) is 0 Å². The molecule has 1 amide bonds. The highest BCUT2D eigenvalue weighted by Gasteiger charge is 2.13. The molecule has 0 aromatic heterocycles. The molecule has 0 aliphatic rings. The molecule has 6 heteroatoms. The first-order chi connectivity index (χ1) is 14.0. The summed E-state index contributed by atoms with van der Waals surface area (Å²) in [5, 5.41) is 11.8. The smallest absolute Gasteiger partial charge is 0.352 e. The molecule has 0 aliphatic carbocycles. The summed E-state index contributed by atoms with van der Waals surface area (Å²) in [4.78, 5) is 23.7. The van der Waals surface area contributed by atoms with Crippen molar-refractivity contribution in [1.82, 2.24) is 5.32 Å². The fraction of sp³-hybridized carbons (Fsp3) is 0.0435. The minimum atomic E-state index is -1.23. The molecule has 0 saturated carbocycles. The number of rotatable bonds is 7. The van der Waals surface area contributed by atoms with Crippen LogP contribution >= 0.6 is 0 Å². The van der Waals surface area contributed by atoms with Gasteiger partial charge in [-0.05, 0) is 53.6 Å². The minimum absolute atomic E-state index is 0.215. The van der Waals surface area contributed by atoms with Gasteiger partial charge in [0.2, 0.25) is 0 Å². The first kappa shape index (κ1) is 19.7. The van der Waals surface area contributed by atoms with E-state index in [4.69, 9.17) is 10.5 Å². The summed E-state index contributed by atoms with van der Waals surface area (Å²) in [6.45, 7) is 0.369. The second-order valence-electron chi connectivity index (χ2n) is 6.29. The minimum Gasteiger partial charge on any atom is -0.489 e. The van der Waals surface area contributed by atoms with Crippen LogP contribution in [0.4, 0.5) is 5.69 Å². The van der Waals surface area contributed by atoms with Gasteiger partial charge in [-0.2, -0.15) is 0 Å². The van der Waals surface area contributed by atoms with Crippen LogP contribution in [-0.4, -0.2) is 17.0 Å². The fourth-order valence-corrected chi connectivity index (χ4v) is 2.61. The van der Waals surface area contributed by atoms with Crippen LogP contribution in [0.2, 0.25) is 0 Å². The molecule has 0 bridgehead atoms. The van der Waals surface area contributed by atoms with E-state index in [0.29, 0.717) is 29.2 Å². The van der Waals surface area contributed by atoms with Crippen LogP contribution in [0.5, 0.6) is 5.75 Å². The molecule has 0 fully saturated rings. The predicted octanol–water partition coefficient (Wildman–Crippen LogP) is 3.70. The van der Waals surface area contributed by atoms with Gasteiger partial charge in [0.15, 0.2) is 0 Å². The maximum Gasteiger partial charge on any atom is 0.352 e. The molecular weight excluding hydrogens is 368 g/mol. The second-order valence-corrected chi connectivity index (χ2v) is 6.29. The van der Waals surface area contributed by atoms with E-state index in [2.05, 4.69) is 5.32 Å². The number of anilines is 1. The number of carbonyl (C=O) groups is 2. The number of carbonyl (C=O) groups excluding carboxylic acids is 1. The molecule has 4 N–H and O–H groups in total. The highest BCUT2D eigenvalue weighted by atomic mass is 16.5. The lowest BCUT2D eigenvalue weighted by Gasteiger charge is -2.08. The molecule has 0 heterocycles. The van der Waals surface area contributed by atoms with E-state index in [0.717, 1.165) is 5.56 Å². The number of amides is 1. The zero-order chi connectivity index (χ0) is 20.6. The third kappa shape index (κ3) is 5.71. The van der Waals surface area contributed by atoms with Gasteiger partial charge in [0, 0.05) is 11.3 Å². The highest BCUT2D eigenvalue weighted by molar-refractivity contribution is 6.02. The van der Waals surface area contributed by atoms with E-state index in [1.807, 2.05) is 18.2 Å². The standard InChI is InChI=1S/C23H20N2O4/c24-19-8-4-5-17(13-19)15-29-20-11-9-16(10-12-20)14-21(23(27)28)25-22(26)18-6-2-1-3-7-18/h1-14H,15,24H2,(H,25,26)(H,27,28). The molecule has 29 heavy (non-hydrogen) atoms. The van der Waals surface area contributed by atoms with Crippen molar-refractivity contribution in [3.8, 4) is 5.75 Å². The predicted molar refractivity (Wildman–Crippen MR) is 111 cm³/mol. The Morgan fingerprint density at radius 1 is 0.966 bits per heavy atom. The van der Waals surface area contributed by atoms with Crippen LogP contribution in [-0.2, 0) is 11.4 Å². The number of ether oxygens (including phenoxy) is 1. The molecule has 6 nitrogen and oxygen atoms in total. The van der Waals surface area contributed by atoms with Crippen molar-refractivity contribution in [3.05, 3.63) is 101 Å². The van der Waals surface area contributed by atoms with Crippen molar-refractivity contribution >= 4 is 23.6 Å².